The number of carboxylic acid groups (broad SMARTS) is 1. The zero-order valence-electron chi connectivity index (χ0n) is 8.50. The summed E-state index contributed by atoms with van der Waals surface area (Å²) < 4.78 is 0. The van der Waals surface area contributed by atoms with E-state index >= 15 is 0 Å². The van der Waals surface area contributed by atoms with E-state index in [2.05, 4.69) is 10.0 Å². The van der Waals surface area contributed by atoms with Gasteiger partial charge in [-0.3, -0.25) is 4.90 Å². The second-order valence-electron chi connectivity index (χ2n) is 3.63. The molecule has 0 saturated carbocycles. The van der Waals surface area contributed by atoms with Crippen LogP contribution in [-0.4, -0.2) is 16.1 Å². The number of amides is 1. The van der Waals surface area contributed by atoms with Crippen LogP contribution in [0.25, 0.3) is 10.4 Å². The lowest BCUT2D eigenvalue weighted by Crippen LogP contribution is -2.22. The highest BCUT2D eigenvalue weighted by Gasteiger charge is 2.22. The standard InChI is InChI=1S/C10H10N4O2/c11-13-12-4-7-1-2-8-5-14(10(15)16)6-9(8)3-7/h1-3H,4-6H2,(H,15,16). The Balaban J connectivity index is 2.20. The van der Waals surface area contributed by atoms with Gasteiger partial charge in [0.25, 0.3) is 0 Å². The second kappa shape index (κ2) is 4.12. The molecule has 0 saturated heterocycles. The van der Waals surface area contributed by atoms with Gasteiger partial charge in [0.05, 0.1) is 6.54 Å². The fraction of sp³-hybridized carbons (Fsp3) is 0.300. The number of nitrogens with zero attached hydrogens (tertiary/aromatic N) is 4. The van der Waals surface area contributed by atoms with E-state index in [1.165, 1.54) is 4.90 Å². The Morgan fingerprint density at radius 3 is 2.94 bits per heavy atom. The molecule has 0 atom stereocenters. The van der Waals surface area contributed by atoms with Crippen LogP contribution in [-0.2, 0) is 19.6 Å². The van der Waals surface area contributed by atoms with Gasteiger partial charge in [-0.2, -0.15) is 0 Å². The first-order valence-corrected chi connectivity index (χ1v) is 4.80. The Labute approximate surface area is 91.7 Å². The molecular formula is C10H10N4O2. The van der Waals surface area contributed by atoms with Crippen molar-refractivity contribution in [3.63, 3.8) is 0 Å². The van der Waals surface area contributed by atoms with Crippen molar-refractivity contribution in [1.82, 2.24) is 4.90 Å². The van der Waals surface area contributed by atoms with E-state index in [1.807, 2.05) is 18.2 Å². The Morgan fingerprint density at radius 2 is 2.25 bits per heavy atom. The van der Waals surface area contributed by atoms with Crippen molar-refractivity contribution in [2.45, 2.75) is 19.6 Å². The van der Waals surface area contributed by atoms with Crippen molar-refractivity contribution in [2.24, 2.45) is 5.11 Å². The average Bonchev–Trinajstić information content (AvgIpc) is 2.69. The van der Waals surface area contributed by atoms with E-state index in [4.69, 9.17) is 10.6 Å². The van der Waals surface area contributed by atoms with Gasteiger partial charge in [0.2, 0.25) is 0 Å². The minimum atomic E-state index is -0.909. The molecule has 0 fully saturated rings. The van der Waals surface area contributed by atoms with Crippen LogP contribution in [0, 0.1) is 0 Å². The van der Waals surface area contributed by atoms with Crippen molar-refractivity contribution in [3.8, 4) is 0 Å². The quantitative estimate of drug-likeness (QED) is 0.469. The van der Waals surface area contributed by atoms with Gasteiger partial charge in [-0.05, 0) is 22.2 Å². The molecule has 16 heavy (non-hydrogen) atoms. The van der Waals surface area contributed by atoms with Gasteiger partial charge >= 0.3 is 6.09 Å². The average molecular weight is 218 g/mol. The van der Waals surface area contributed by atoms with E-state index < -0.39 is 6.09 Å². The fourth-order valence-electron chi connectivity index (χ4n) is 1.79. The molecule has 1 aliphatic rings. The van der Waals surface area contributed by atoms with E-state index in [-0.39, 0.29) is 0 Å². The van der Waals surface area contributed by atoms with Gasteiger partial charge in [-0.25, -0.2) is 4.79 Å². The molecule has 2 rings (SSSR count). The molecule has 0 spiro atoms. The Hall–Kier alpha value is -2.20. The van der Waals surface area contributed by atoms with Gasteiger partial charge in [-0.1, -0.05) is 23.3 Å². The molecule has 1 amide bonds. The molecule has 82 valence electrons. The molecule has 1 heterocycles. The Bertz CT molecular complexity index is 480. The highest BCUT2D eigenvalue weighted by Crippen LogP contribution is 2.24. The molecule has 1 aromatic carbocycles. The smallest absolute Gasteiger partial charge is 0.407 e. The first kappa shape index (κ1) is 10.3. The molecule has 0 radical (unpaired) electrons. The molecule has 1 N–H and O–H groups in total. The lowest BCUT2D eigenvalue weighted by molar-refractivity contribution is 0.145. The topological polar surface area (TPSA) is 89.3 Å². The van der Waals surface area contributed by atoms with Gasteiger partial charge in [-0.15, -0.1) is 0 Å². The predicted molar refractivity (Wildman–Crippen MR) is 56.6 cm³/mol. The summed E-state index contributed by atoms with van der Waals surface area (Å²) in [6, 6.07) is 5.65. The highest BCUT2D eigenvalue weighted by atomic mass is 16.4. The van der Waals surface area contributed by atoms with Crippen molar-refractivity contribution in [2.75, 3.05) is 0 Å². The van der Waals surface area contributed by atoms with Crippen LogP contribution in [0.5, 0.6) is 0 Å². The summed E-state index contributed by atoms with van der Waals surface area (Å²) in [4.78, 5) is 14.8. The monoisotopic (exact) mass is 218 g/mol. The highest BCUT2D eigenvalue weighted by molar-refractivity contribution is 5.66. The summed E-state index contributed by atoms with van der Waals surface area (Å²) in [5, 5.41) is 12.3. The van der Waals surface area contributed by atoms with Crippen molar-refractivity contribution in [3.05, 3.63) is 45.3 Å². The Morgan fingerprint density at radius 1 is 1.50 bits per heavy atom. The largest absolute Gasteiger partial charge is 0.465 e. The van der Waals surface area contributed by atoms with E-state index in [0.29, 0.717) is 19.6 Å². The van der Waals surface area contributed by atoms with Crippen LogP contribution in [0.15, 0.2) is 23.3 Å². The second-order valence-corrected chi connectivity index (χ2v) is 3.63. The van der Waals surface area contributed by atoms with E-state index in [1.54, 1.807) is 0 Å². The predicted octanol–water partition coefficient (Wildman–Crippen LogP) is 2.49. The summed E-state index contributed by atoms with van der Waals surface area (Å²) >= 11 is 0. The first-order valence-electron chi connectivity index (χ1n) is 4.80. The van der Waals surface area contributed by atoms with Crippen LogP contribution in [0.1, 0.15) is 16.7 Å². The third kappa shape index (κ3) is 1.92. The van der Waals surface area contributed by atoms with Crippen LogP contribution < -0.4 is 0 Å². The molecule has 6 heteroatoms. The summed E-state index contributed by atoms with van der Waals surface area (Å²) in [6.45, 7) is 1.15. The number of hydrogen-bond donors (Lipinski definition) is 1. The summed E-state index contributed by atoms with van der Waals surface area (Å²) in [7, 11) is 0. The lowest BCUT2D eigenvalue weighted by atomic mass is 10.1. The number of hydrogen-bond acceptors (Lipinski definition) is 2. The molecule has 0 aliphatic carbocycles. The van der Waals surface area contributed by atoms with Crippen LogP contribution >= 0.6 is 0 Å². The lowest BCUT2D eigenvalue weighted by Gasteiger charge is -2.08. The van der Waals surface area contributed by atoms with Crippen LogP contribution in [0.4, 0.5) is 4.79 Å². The van der Waals surface area contributed by atoms with Gasteiger partial charge in [0.15, 0.2) is 0 Å². The number of benzene rings is 1. The molecule has 0 aromatic heterocycles. The molecule has 0 unspecified atom stereocenters. The molecule has 0 bridgehead atoms. The number of carbonyl (C=O) groups is 1. The minimum absolute atomic E-state index is 0.302. The molecular weight excluding hydrogens is 208 g/mol. The zero-order valence-corrected chi connectivity index (χ0v) is 8.50. The minimum Gasteiger partial charge on any atom is -0.465 e. The third-order valence-electron chi connectivity index (χ3n) is 2.58. The number of fused-ring (bicyclic) bond motifs is 1. The molecule has 1 aromatic rings. The van der Waals surface area contributed by atoms with E-state index in [0.717, 1.165) is 16.7 Å². The zero-order chi connectivity index (χ0) is 11.5. The molecule has 1 aliphatic heterocycles. The molecule has 6 nitrogen and oxygen atoms in total. The maximum Gasteiger partial charge on any atom is 0.407 e. The van der Waals surface area contributed by atoms with Gasteiger partial charge < -0.3 is 5.11 Å². The number of rotatable bonds is 2. The maximum atomic E-state index is 10.8. The normalized spacial score (nSPS) is 13.1. The van der Waals surface area contributed by atoms with Crippen LogP contribution in [0.2, 0.25) is 0 Å². The van der Waals surface area contributed by atoms with Gasteiger partial charge in [0, 0.05) is 18.0 Å². The third-order valence-corrected chi connectivity index (χ3v) is 2.58. The van der Waals surface area contributed by atoms with E-state index in [9.17, 15) is 4.79 Å². The van der Waals surface area contributed by atoms with Crippen molar-refractivity contribution in [1.29, 1.82) is 0 Å². The fourth-order valence-corrected chi connectivity index (χ4v) is 1.79. The van der Waals surface area contributed by atoms with Crippen molar-refractivity contribution >= 4 is 6.09 Å². The summed E-state index contributed by atoms with van der Waals surface area (Å²) in [6.07, 6.45) is -0.909. The first-order chi connectivity index (χ1) is 7.70. The van der Waals surface area contributed by atoms with Gasteiger partial charge in [0.1, 0.15) is 0 Å². The maximum absolute atomic E-state index is 10.8. The summed E-state index contributed by atoms with van der Waals surface area (Å²) in [5.74, 6) is 0. The summed E-state index contributed by atoms with van der Waals surface area (Å²) in [5.41, 5.74) is 11.1. The Kier molecular flexibility index (Phi) is 2.66. The number of azide groups is 1. The SMILES string of the molecule is [N-]=[N+]=NCc1ccc2c(c1)CN(C(=O)O)C2. The van der Waals surface area contributed by atoms with Crippen LogP contribution in [0.3, 0.4) is 0 Å². The van der Waals surface area contributed by atoms with Crippen molar-refractivity contribution < 1.29 is 9.90 Å².